The maximum absolute atomic E-state index is 13.2. The van der Waals surface area contributed by atoms with E-state index in [4.69, 9.17) is 5.14 Å². The third-order valence-electron chi connectivity index (χ3n) is 6.21. The fourth-order valence-corrected chi connectivity index (χ4v) is 5.10. The molecule has 3 heterocycles. The Kier molecular flexibility index (Phi) is 6.58. The second-order valence-electron chi connectivity index (χ2n) is 8.67. The maximum Gasteiger partial charge on any atom is 0.417 e. The third-order valence-corrected chi connectivity index (χ3v) is 7.12. The Bertz CT molecular complexity index is 1170. The molecule has 1 aromatic heterocycles. The molecule has 0 radical (unpaired) electrons. The van der Waals surface area contributed by atoms with Gasteiger partial charge in [-0.15, -0.1) is 0 Å². The van der Waals surface area contributed by atoms with E-state index in [1.54, 1.807) is 11.0 Å². The quantitative estimate of drug-likeness (QED) is 0.696. The van der Waals surface area contributed by atoms with Gasteiger partial charge in [-0.05, 0) is 55.7 Å². The van der Waals surface area contributed by atoms with Gasteiger partial charge in [0.05, 0.1) is 17.0 Å². The van der Waals surface area contributed by atoms with Crippen molar-refractivity contribution in [1.29, 1.82) is 0 Å². The molecule has 0 bridgehead atoms. The highest BCUT2D eigenvalue weighted by atomic mass is 32.2. The average molecular weight is 498 g/mol. The van der Waals surface area contributed by atoms with Crippen LogP contribution in [0.4, 0.5) is 24.7 Å². The lowest BCUT2D eigenvalue weighted by atomic mass is 10.1. The molecule has 1 atom stereocenters. The molecular formula is C22H26F3N5O3S. The molecule has 1 amide bonds. The van der Waals surface area contributed by atoms with Gasteiger partial charge in [-0.25, -0.2) is 18.5 Å². The Hall–Kier alpha value is -2.70. The Morgan fingerprint density at radius 2 is 1.91 bits per heavy atom. The number of carbonyl (C=O) groups is 1. The number of fused-ring (bicyclic) bond motifs is 1. The Labute approximate surface area is 196 Å². The molecule has 2 N–H and O–H groups in total. The van der Waals surface area contributed by atoms with Crippen LogP contribution in [0.25, 0.3) is 0 Å². The minimum Gasteiger partial charge on any atom is -0.355 e. The van der Waals surface area contributed by atoms with Crippen LogP contribution in [0.15, 0.2) is 41.4 Å². The number of sulfonamides is 1. The fraction of sp³-hybridized carbons (Fsp3) is 0.455. The number of rotatable bonds is 4. The standard InChI is InChI=1S/C22H26F3N5O3S/c1-15-11-16-12-18(34(26,32)33)4-5-19(16)30(15)21(31)14-28-7-2-8-29(10-9-28)20-6-3-17(13-27-20)22(23,24)25/h3-6,12-13,15H,2,7-11,14H2,1H3,(H2,26,32,33)/t15-/m1/s1. The van der Waals surface area contributed by atoms with Crippen molar-refractivity contribution in [3.05, 3.63) is 47.7 Å². The van der Waals surface area contributed by atoms with Gasteiger partial charge in [0, 0.05) is 44.1 Å². The van der Waals surface area contributed by atoms with Crippen LogP contribution in [0.2, 0.25) is 0 Å². The lowest BCUT2D eigenvalue weighted by Crippen LogP contribution is -2.44. The predicted octanol–water partition coefficient (Wildman–Crippen LogP) is 2.24. The topological polar surface area (TPSA) is 99.8 Å². The molecule has 1 saturated heterocycles. The number of hydrogen-bond donors (Lipinski definition) is 1. The molecule has 4 rings (SSSR count). The molecule has 34 heavy (non-hydrogen) atoms. The molecule has 8 nitrogen and oxygen atoms in total. The largest absolute Gasteiger partial charge is 0.417 e. The zero-order valence-corrected chi connectivity index (χ0v) is 19.4. The van der Waals surface area contributed by atoms with Crippen molar-refractivity contribution in [2.45, 2.75) is 36.9 Å². The van der Waals surface area contributed by atoms with E-state index in [2.05, 4.69) is 4.98 Å². The van der Waals surface area contributed by atoms with Crippen LogP contribution in [0.3, 0.4) is 0 Å². The van der Waals surface area contributed by atoms with Crippen LogP contribution in [0.1, 0.15) is 24.5 Å². The summed E-state index contributed by atoms with van der Waals surface area (Å²) in [6.45, 7) is 4.50. The summed E-state index contributed by atoms with van der Waals surface area (Å²) in [6.07, 6.45) is -2.31. The van der Waals surface area contributed by atoms with E-state index in [-0.39, 0.29) is 23.4 Å². The number of anilines is 2. The second kappa shape index (κ2) is 9.16. The van der Waals surface area contributed by atoms with Crippen LogP contribution < -0.4 is 14.9 Å². The number of pyridine rings is 1. The zero-order valence-electron chi connectivity index (χ0n) is 18.6. The van der Waals surface area contributed by atoms with Crippen molar-refractivity contribution in [2.75, 3.05) is 42.5 Å². The number of aromatic nitrogens is 1. The van der Waals surface area contributed by atoms with Crippen molar-refractivity contribution < 1.29 is 26.4 Å². The number of hydrogen-bond acceptors (Lipinski definition) is 6. The van der Waals surface area contributed by atoms with Crippen molar-refractivity contribution in [3.8, 4) is 0 Å². The number of carbonyl (C=O) groups excluding carboxylic acids is 1. The number of nitrogens with zero attached hydrogens (tertiary/aromatic N) is 4. The van der Waals surface area contributed by atoms with Gasteiger partial charge in [0.1, 0.15) is 5.82 Å². The second-order valence-corrected chi connectivity index (χ2v) is 10.2. The third kappa shape index (κ3) is 5.18. The first-order chi connectivity index (χ1) is 15.9. The molecule has 1 fully saturated rings. The van der Waals surface area contributed by atoms with Gasteiger partial charge in [0.2, 0.25) is 15.9 Å². The van der Waals surface area contributed by atoms with Gasteiger partial charge in [-0.2, -0.15) is 13.2 Å². The van der Waals surface area contributed by atoms with Crippen LogP contribution in [0, 0.1) is 0 Å². The molecule has 2 aliphatic heterocycles. The van der Waals surface area contributed by atoms with Crippen LogP contribution in [-0.4, -0.2) is 63.0 Å². The first kappa shape index (κ1) is 24.4. The summed E-state index contributed by atoms with van der Waals surface area (Å²) < 4.78 is 61.7. The van der Waals surface area contributed by atoms with Crippen molar-refractivity contribution >= 4 is 27.4 Å². The number of benzene rings is 1. The molecule has 2 aliphatic rings. The molecule has 1 aromatic carbocycles. The number of amides is 1. The van der Waals surface area contributed by atoms with Crippen molar-refractivity contribution in [1.82, 2.24) is 9.88 Å². The Balaban J connectivity index is 1.40. The lowest BCUT2D eigenvalue weighted by molar-refractivity contribution is -0.137. The summed E-state index contributed by atoms with van der Waals surface area (Å²) >= 11 is 0. The monoisotopic (exact) mass is 497 g/mol. The van der Waals surface area contributed by atoms with Gasteiger partial charge in [0.25, 0.3) is 0 Å². The van der Waals surface area contributed by atoms with Gasteiger partial charge < -0.3 is 9.80 Å². The summed E-state index contributed by atoms with van der Waals surface area (Å²) in [5.41, 5.74) is 0.674. The highest BCUT2D eigenvalue weighted by Crippen LogP contribution is 2.34. The van der Waals surface area contributed by atoms with E-state index < -0.39 is 21.8 Å². The van der Waals surface area contributed by atoms with Crippen LogP contribution in [-0.2, 0) is 27.4 Å². The molecule has 184 valence electrons. The molecule has 0 unspecified atom stereocenters. The van der Waals surface area contributed by atoms with E-state index in [0.717, 1.165) is 24.2 Å². The molecule has 0 aliphatic carbocycles. The minimum atomic E-state index is -4.42. The average Bonchev–Trinajstić information content (AvgIpc) is 2.92. The van der Waals surface area contributed by atoms with E-state index in [1.807, 2.05) is 16.7 Å². The van der Waals surface area contributed by atoms with Crippen LogP contribution in [0.5, 0.6) is 0 Å². The summed E-state index contributed by atoms with van der Waals surface area (Å²) in [6, 6.07) is 6.85. The normalized spacial score (nSPS) is 19.7. The SMILES string of the molecule is C[C@@H]1Cc2cc(S(N)(=O)=O)ccc2N1C(=O)CN1CCCN(c2ccc(C(F)(F)F)cn2)CC1. The first-order valence-corrected chi connectivity index (χ1v) is 12.5. The highest BCUT2D eigenvalue weighted by molar-refractivity contribution is 7.89. The van der Waals surface area contributed by atoms with Gasteiger partial charge in [0.15, 0.2) is 0 Å². The van der Waals surface area contributed by atoms with E-state index in [9.17, 15) is 26.4 Å². The van der Waals surface area contributed by atoms with Gasteiger partial charge in [-0.3, -0.25) is 9.69 Å². The number of alkyl halides is 3. The van der Waals surface area contributed by atoms with Gasteiger partial charge in [-0.1, -0.05) is 0 Å². The van der Waals surface area contributed by atoms with Crippen molar-refractivity contribution in [2.24, 2.45) is 5.14 Å². The van der Waals surface area contributed by atoms with Gasteiger partial charge >= 0.3 is 6.18 Å². The summed E-state index contributed by atoms with van der Waals surface area (Å²) in [4.78, 5) is 22.8. The molecule has 0 saturated carbocycles. The van der Waals surface area contributed by atoms with Crippen LogP contribution >= 0.6 is 0 Å². The van der Waals surface area contributed by atoms with E-state index in [0.29, 0.717) is 44.1 Å². The Morgan fingerprint density at radius 3 is 2.56 bits per heavy atom. The number of halogens is 3. The molecule has 12 heteroatoms. The summed E-state index contributed by atoms with van der Waals surface area (Å²) in [7, 11) is -3.82. The number of nitrogens with two attached hydrogens (primary N) is 1. The highest BCUT2D eigenvalue weighted by Gasteiger charge is 2.33. The smallest absolute Gasteiger partial charge is 0.355 e. The van der Waals surface area contributed by atoms with E-state index in [1.165, 1.54) is 18.2 Å². The molecule has 2 aromatic rings. The number of primary sulfonamides is 1. The zero-order chi connectivity index (χ0) is 24.7. The van der Waals surface area contributed by atoms with E-state index >= 15 is 0 Å². The minimum absolute atomic E-state index is 0.0252. The maximum atomic E-state index is 13.2. The molecular weight excluding hydrogens is 471 g/mol. The summed E-state index contributed by atoms with van der Waals surface area (Å²) in [5, 5.41) is 5.22. The lowest BCUT2D eigenvalue weighted by Gasteiger charge is -2.27. The predicted molar refractivity (Wildman–Crippen MR) is 121 cm³/mol. The first-order valence-electron chi connectivity index (χ1n) is 10.9. The Morgan fingerprint density at radius 1 is 1.15 bits per heavy atom. The van der Waals surface area contributed by atoms with Crippen molar-refractivity contribution in [3.63, 3.8) is 0 Å². The molecule has 0 spiro atoms. The fourth-order valence-electron chi connectivity index (χ4n) is 4.53. The summed E-state index contributed by atoms with van der Waals surface area (Å²) in [5.74, 6) is 0.393.